The van der Waals surface area contributed by atoms with E-state index in [1.54, 1.807) is 6.66 Å². The van der Waals surface area contributed by atoms with Crippen LogP contribution >= 0.6 is 17.7 Å². The minimum atomic E-state index is -2.46. The van der Waals surface area contributed by atoms with Crippen molar-refractivity contribution in [3.8, 4) is 0 Å². The van der Waals surface area contributed by atoms with E-state index in [9.17, 15) is 18.9 Å². The highest BCUT2D eigenvalue weighted by molar-refractivity contribution is 8.58. The van der Waals surface area contributed by atoms with Gasteiger partial charge in [-0.3, -0.25) is 9.59 Å². The average molecular weight is 291 g/mol. The molecule has 1 unspecified atom stereocenters. The normalized spacial score (nSPS) is 18.6. The highest BCUT2D eigenvalue weighted by atomic mass is 32.7. The van der Waals surface area contributed by atoms with Gasteiger partial charge in [-0.25, -0.2) is 4.79 Å². The molecule has 18 heavy (non-hydrogen) atoms. The summed E-state index contributed by atoms with van der Waals surface area (Å²) < 4.78 is 11.6. The number of hydrogen-bond acceptors (Lipinski definition) is 6. The molecular formula is C10H14NO5PS. The molecule has 1 atom stereocenters. The van der Waals surface area contributed by atoms with Crippen molar-refractivity contribution < 1.29 is 23.8 Å². The van der Waals surface area contributed by atoms with E-state index in [4.69, 9.17) is 0 Å². The molecule has 0 N–H and O–H groups in total. The zero-order valence-corrected chi connectivity index (χ0v) is 11.7. The molecule has 1 aliphatic rings. The maximum Gasteiger partial charge on any atom is 0.334 e. The number of amides is 2. The first-order valence-electron chi connectivity index (χ1n) is 5.27. The Morgan fingerprint density at radius 1 is 1.50 bits per heavy atom. The molecular weight excluding hydrogens is 277 g/mol. The van der Waals surface area contributed by atoms with Gasteiger partial charge in [-0.15, -0.1) is 5.06 Å². The van der Waals surface area contributed by atoms with Gasteiger partial charge in [-0.2, -0.15) is 0 Å². The molecule has 100 valence electrons. The lowest BCUT2D eigenvalue weighted by Gasteiger charge is -2.12. The minimum Gasteiger partial charge on any atom is -0.330 e. The van der Waals surface area contributed by atoms with Gasteiger partial charge in [0.15, 0.2) is 6.34 Å². The van der Waals surface area contributed by atoms with Gasteiger partial charge in [0.2, 0.25) is 0 Å². The van der Waals surface area contributed by atoms with Crippen LogP contribution in [0.3, 0.4) is 0 Å². The first-order valence-corrected chi connectivity index (χ1v) is 9.09. The largest absolute Gasteiger partial charge is 0.334 e. The highest BCUT2D eigenvalue weighted by Gasteiger charge is 2.32. The second kappa shape index (κ2) is 6.20. The summed E-state index contributed by atoms with van der Waals surface area (Å²) in [6.45, 7) is 4.98. The van der Waals surface area contributed by atoms with Gasteiger partial charge in [0, 0.05) is 25.3 Å². The third-order valence-corrected chi connectivity index (χ3v) is 6.28. The van der Waals surface area contributed by atoms with E-state index in [1.165, 1.54) is 5.82 Å². The Labute approximate surface area is 109 Å². The number of nitrogens with zero attached hydrogens (tertiary/aromatic N) is 1. The first kappa shape index (κ1) is 15.0. The summed E-state index contributed by atoms with van der Waals surface area (Å²) >= 11 is 1.11. The minimum absolute atomic E-state index is 0.0204. The molecule has 2 amide bonds. The van der Waals surface area contributed by atoms with Crippen molar-refractivity contribution >= 4 is 35.5 Å². The molecule has 0 aromatic heterocycles. The van der Waals surface area contributed by atoms with E-state index in [2.05, 4.69) is 11.4 Å². The smallest absolute Gasteiger partial charge is 0.330 e. The van der Waals surface area contributed by atoms with Crippen molar-refractivity contribution in [1.29, 1.82) is 0 Å². The zero-order valence-electron chi connectivity index (χ0n) is 9.96. The van der Waals surface area contributed by atoms with Crippen LogP contribution in [0.5, 0.6) is 0 Å². The summed E-state index contributed by atoms with van der Waals surface area (Å²) in [5.41, 5.74) is 0. The van der Waals surface area contributed by atoms with E-state index >= 15 is 0 Å². The molecule has 0 saturated carbocycles. The lowest BCUT2D eigenvalue weighted by atomic mass is 10.4. The third-order valence-electron chi connectivity index (χ3n) is 2.18. The molecule has 1 aliphatic heterocycles. The zero-order chi connectivity index (χ0) is 13.8. The van der Waals surface area contributed by atoms with Crippen LogP contribution in [0.25, 0.3) is 0 Å². The number of carbonyl (C=O) groups is 3. The molecule has 0 aliphatic carbocycles. The van der Waals surface area contributed by atoms with Gasteiger partial charge in [-0.1, -0.05) is 18.0 Å². The summed E-state index contributed by atoms with van der Waals surface area (Å²) in [5, 5.41) is 0.506. The van der Waals surface area contributed by atoms with Crippen LogP contribution in [0.15, 0.2) is 12.4 Å². The van der Waals surface area contributed by atoms with Crippen molar-refractivity contribution in [3.05, 3.63) is 12.4 Å². The van der Waals surface area contributed by atoms with Crippen LogP contribution in [0, 0.1) is 0 Å². The lowest BCUT2D eigenvalue weighted by molar-refractivity contribution is -0.197. The van der Waals surface area contributed by atoms with E-state index in [0.29, 0.717) is 5.06 Å². The summed E-state index contributed by atoms with van der Waals surface area (Å²) in [6.07, 6.45) is -2.34. The van der Waals surface area contributed by atoms with Gasteiger partial charge in [0.05, 0.1) is 6.42 Å². The molecule has 0 aromatic carbocycles. The predicted octanol–water partition coefficient (Wildman–Crippen LogP) is 1.77. The molecule has 1 rings (SSSR count). The Morgan fingerprint density at radius 2 is 2.06 bits per heavy atom. The van der Waals surface area contributed by atoms with Crippen LogP contribution in [0.2, 0.25) is 0 Å². The quantitative estimate of drug-likeness (QED) is 0.548. The summed E-state index contributed by atoms with van der Waals surface area (Å²) in [7, 11) is 0. The van der Waals surface area contributed by atoms with Gasteiger partial charge in [-0.05, 0) is 5.82 Å². The van der Waals surface area contributed by atoms with Gasteiger partial charge >= 0.3 is 5.97 Å². The molecule has 8 heteroatoms. The molecule has 1 saturated heterocycles. The lowest BCUT2D eigenvalue weighted by Crippen LogP contribution is -2.32. The Hall–Kier alpha value is -1.07. The van der Waals surface area contributed by atoms with E-state index in [0.717, 1.165) is 11.4 Å². The molecule has 6 nitrogen and oxygen atoms in total. The van der Waals surface area contributed by atoms with Gasteiger partial charge in [0.1, 0.15) is 0 Å². The standard InChI is InChI=1S/C10H14NO5PS/c1-3-17(2,15)18-7-6-10(14)16-11-8(12)4-5-9(11)13/h3H,1,4-7H2,2H3. The third kappa shape index (κ3) is 4.31. The average Bonchev–Trinajstić information content (AvgIpc) is 2.60. The maximum absolute atomic E-state index is 11.6. The van der Waals surface area contributed by atoms with Crippen LogP contribution in [-0.4, -0.2) is 35.3 Å². The maximum atomic E-state index is 11.6. The van der Waals surface area contributed by atoms with Crippen molar-refractivity contribution in [2.24, 2.45) is 0 Å². The van der Waals surface area contributed by atoms with Crippen molar-refractivity contribution in [2.75, 3.05) is 12.4 Å². The predicted molar refractivity (Wildman–Crippen MR) is 68.0 cm³/mol. The fourth-order valence-electron chi connectivity index (χ4n) is 1.17. The Balaban J connectivity index is 2.34. The highest BCUT2D eigenvalue weighted by Crippen LogP contribution is 2.56. The van der Waals surface area contributed by atoms with Gasteiger partial charge < -0.3 is 9.40 Å². The fraction of sp³-hybridized carbons (Fsp3) is 0.500. The van der Waals surface area contributed by atoms with E-state index in [-0.39, 0.29) is 25.0 Å². The van der Waals surface area contributed by atoms with Gasteiger partial charge in [0.25, 0.3) is 11.8 Å². The molecule has 0 radical (unpaired) electrons. The Kier molecular flexibility index (Phi) is 5.16. The van der Waals surface area contributed by atoms with Crippen LogP contribution in [0.4, 0.5) is 0 Å². The van der Waals surface area contributed by atoms with Crippen LogP contribution < -0.4 is 0 Å². The van der Waals surface area contributed by atoms with E-state index in [1.807, 2.05) is 0 Å². The summed E-state index contributed by atoms with van der Waals surface area (Å²) in [4.78, 5) is 38.3. The molecule has 0 spiro atoms. The number of hydroxylamine groups is 2. The Bertz CT molecular complexity index is 420. The fourth-order valence-corrected chi connectivity index (χ4v) is 3.57. The van der Waals surface area contributed by atoms with Crippen LogP contribution in [0.1, 0.15) is 19.3 Å². The first-order chi connectivity index (χ1) is 8.35. The Morgan fingerprint density at radius 3 is 2.56 bits per heavy atom. The number of rotatable bonds is 6. The van der Waals surface area contributed by atoms with Crippen LogP contribution in [-0.2, 0) is 23.8 Å². The second-order valence-electron chi connectivity index (χ2n) is 3.72. The summed E-state index contributed by atoms with van der Waals surface area (Å²) in [5.74, 6) is -0.0533. The van der Waals surface area contributed by atoms with Crippen molar-refractivity contribution in [1.82, 2.24) is 5.06 Å². The molecule has 1 fully saturated rings. The van der Waals surface area contributed by atoms with Crippen molar-refractivity contribution in [2.45, 2.75) is 19.3 Å². The molecule has 1 heterocycles. The molecule has 0 bridgehead atoms. The number of hydrogen-bond donors (Lipinski definition) is 0. The SMILES string of the molecule is C=CP(C)(=O)SCCC(=O)ON1C(=O)CCC1=O. The second-order valence-corrected chi connectivity index (χ2v) is 9.52. The number of imide groups is 1. The van der Waals surface area contributed by atoms with E-state index < -0.39 is 24.1 Å². The monoisotopic (exact) mass is 291 g/mol. The summed E-state index contributed by atoms with van der Waals surface area (Å²) in [6, 6.07) is 0. The molecule has 0 aromatic rings. The van der Waals surface area contributed by atoms with Crippen molar-refractivity contribution in [3.63, 3.8) is 0 Å². The topological polar surface area (TPSA) is 80.8 Å². The number of carbonyl (C=O) groups excluding carboxylic acids is 3.